The van der Waals surface area contributed by atoms with Crippen molar-refractivity contribution in [1.82, 2.24) is 19.9 Å². The van der Waals surface area contributed by atoms with Crippen LogP contribution in [-0.2, 0) is 22.6 Å². The lowest BCUT2D eigenvalue weighted by Crippen LogP contribution is -2.46. The van der Waals surface area contributed by atoms with Crippen LogP contribution in [0.1, 0.15) is 42.9 Å². The normalized spacial score (nSPS) is 19.6. The Hall–Kier alpha value is -3.42. The van der Waals surface area contributed by atoms with Crippen molar-refractivity contribution in [3.05, 3.63) is 78.2 Å². The summed E-state index contributed by atoms with van der Waals surface area (Å²) in [6.45, 7) is 3.80. The van der Waals surface area contributed by atoms with Gasteiger partial charge in [0, 0.05) is 74.0 Å². The second-order valence-corrected chi connectivity index (χ2v) is 10.6. The summed E-state index contributed by atoms with van der Waals surface area (Å²) in [7, 11) is 1.74. The molecule has 0 spiro atoms. The van der Waals surface area contributed by atoms with Crippen molar-refractivity contribution >= 4 is 16.8 Å². The number of methoxy groups -OCH3 is 1. The first-order chi connectivity index (χ1) is 18.7. The first kappa shape index (κ1) is 24.9. The number of rotatable bonds is 10. The van der Waals surface area contributed by atoms with Gasteiger partial charge in [-0.2, -0.15) is 0 Å². The van der Waals surface area contributed by atoms with Crippen LogP contribution < -0.4 is 5.32 Å². The number of benzene rings is 2. The lowest BCUT2D eigenvalue weighted by molar-refractivity contribution is -0.138. The van der Waals surface area contributed by atoms with Gasteiger partial charge in [0.15, 0.2) is 0 Å². The molecule has 2 aromatic heterocycles. The third-order valence-electron chi connectivity index (χ3n) is 7.99. The zero-order valence-corrected chi connectivity index (χ0v) is 22.0. The van der Waals surface area contributed by atoms with E-state index in [-0.39, 0.29) is 17.7 Å². The largest absolute Gasteiger partial charge is 0.385 e. The number of hydrogen-bond donors (Lipinski definition) is 1. The van der Waals surface area contributed by atoms with Gasteiger partial charge in [0.1, 0.15) is 11.5 Å². The maximum Gasteiger partial charge on any atom is 0.228 e. The maximum absolute atomic E-state index is 14.2. The van der Waals surface area contributed by atoms with E-state index >= 15 is 0 Å². The fourth-order valence-electron chi connectivity index (χ4n) is 5.85. The van der Waals surface area contributed by atoms with Crippen LogP contribution in [0.25, 0.3) is 22.2 Å². The van der Waals surface area contributed by atoms with Crippen LogP contribution in [0.5, 0.6) is 0 Å². The molecular weight excluding hydrogens is 476 g/mol. The molecule has 1 aliphatic carbocycles. The molecule has 2 fully saturated rings. The molecular formula is C31H36N4O3. The predicted molar refractivity (Wildman–Crippen MR) is 148 cm³/mol. The molecule has 6 rings (SSSR count). The maximum atomic E-state index is 14.2. The number of carbonyl (C=O) groups is 1. The average molecular weight is 513 g/mol. The van der Waals surface area contributed by atoms with Crippen molar-refractivity contribution in [2.75, 3.05) is 26.8 Å². The molecule has 3 heterocycles. The van der Waals surface area contributed by atoms with Crippen LogP contribution in [0.2, 0.25) is 0 Å². The van der Waals surface area contributed by atoms with E-state index < -0.39 is 0 Å². The molecule has 2 aromatic carbocycles. The van der Waals surface area contributed by atoms with E-state index in [2.05, 4.69) is 50.4 Å². The lowest BCUT2D eigenvalue weighted by atomic mass is 9.83. The average Bonchev–Trinajstić information content (AvgIpc) is 3.58. The molecule has 0 unspecified atom stereocenters. The van der Waals surface area contributed by atoms with E-state index in [0.29, 0.717) is 19.1 Å². The minimum atomic E-state index is -0.170. The second kappa shape index (κ2) is 11.1. The smallest absolute Gasteiger partial charge is 0.228 e. The topological polar surface area (TPSA) is 72.5 Å². The molecule has 2 aliphatic rings. The molecule has 1 amide bonds. The van der Waals surface area contributed by atoms with Crippen molar-refractivity contribution in [3.63, 3.8) is 0 Å². The highest BCUT2D eigenvalue weighted by atomic mass is 16.5. The lowest BCUT2D eigenvalue weighted by Gasteiger charge is -2.34. The van der Waals surface area contributed by atoms with Gasteiger partial charge < -0.3 is 24.0 Å². The molecule has 38 heavy (non-hydrogen) atoms. The zero-order chi connectivity index (χ0) is 25.9. The standard InChI is InChI=1S/C31H36N4O3/c1-37-17-7-16-34-20-23(25-10-5-6-11-29(25)34)21-35(24-12-13-24)31(36)27-19-32-15-14-26(27)30-18-28(33-38-30)22-8-3-2-4-9-22/h2-6,8-11,18,20,24,26-27,32H,7,12-17,19,21H2,1H3/t26-,27-/m0/s1. The minimum absolute atomic E-state index is 0.0188. The number of nitrogens with zero attached hydrogens (tertiary/aromatic N) is 3. The van der Waals surface area contributed by atoms with Crippen molar-refractivity contribution in [1.29, 1.82) is 0 Å². The number of amides is 1. The summed E-state index contributed by atoms with van der Waals surface area (Å²) in [4.78, 5) is 16.3. The molecule has 2 atom stereocenters. The summed E-state index contributed by atoms with van der Waals surface area (Å²) in [6.07, 6.45) is 6.20. The summed E-state index contributed by atoms with van der Waals surface area (Å²) in [5.41, 5.74) is 4.28. The van der Waals surface area contributed by atoms with Gasteiger partial charge >= 0.3 is 0 Å². The highest BCUT2D eigenvalue weighted by Gasteiger charge is 2.41. The number of piperidine rings is 1. The third-order valence-corrected chi connectivity index (χ3v) is 7.99. The highest BCUT2D eigenvalue weighted by molar-refractivity contribution is 5.85. The molecule has 1 N–H and O–H groups in total. The summed E-state index contributed by atoms with van der Waals surface area (Å²) in [5, 5.41) is 9.05. The van der Waals surface area contributed by atoms with Gasteiger partial charge in [0.05, 0.1) is 5.92 Å². The highest BCUT2D eigenvalue weighted by Crippen LogP contribution is 2.38. The minimum Gasteiger partial charge on any atom is -0.385 e. The van der Waals surface area contributed by atoms with E-state index in [9.17, 15) is 4.79 Å². The van der Waals surface area contributed by atoms with Crippen LogP contribution in [-0.4, -0.2) is 53.4 Å². The second-order valence-electron chi connectivity index (χ2n) is 10.6. The van der Waals surface area contributed by atoms with Crippen LogP contribution in [0.3, 0.4) is 0 Å². The van der Waals surface area contributed by atoms with Crippen molar-refractivity contribution in [2.24, 2.45) is 5.92 Å². The number of ether oxygens (including phenoxy) is 1. The fourth-order valence-corrected chi connectivity index (χ4v) is 5.85. The van der Waals surface area contributed by atoms with E-state index in [4.69, 9.17) is 9.26 Å². The van der Waals surface area contributed by atoms with Gasteiger partial charge in [-0.1, -0.05) is 53.7 Å². The molecule has 7 heteroatoms. The monoisotopic (exact) mass is 512 g/mol. The number of aromatic nitrogens is 2. The molecule has 1 saturated carbocycles. The van der Waals surface area contributed by atoms with Crippen molar-refractivity contribution in [2.45, 2.75) is 50.7 Å². The Morgan fingerprint density at radius 2 is 1.95 bits per heavy atom. The van der Waals surface area contributed by atoms with Gasteiger partial charge in [-0.25, -0.2) is 0 Å². The van der Waals surface area contributed by atoms with Gasteiger partial charge in [-0.3, -0.25) is 4.79 Å². The van der Waals surface area contributed by atoms with Crippen LogP contribution in [0.15, 0.2) is 71.4 Å². The quantitative estimate of drug-likeness (QED) is 0.295. The Balaban J connectivity index is 1.25. The summed E-state index contributed by atoms with van der Waals surface area (Å²) >= 11 is 0. The zero-order valence-electron chi connectivity index (χ0n) is 22.0. The van der Waals surface area contributed by atoms with Crippen LogP contribution >= 0.6 is 0 Å². The SMILES string of the molecule is COCCCn1cc(CN(C(=O)[C@H]2CNCC[C@@H]2c2cc(-c3ccccc3)no2)C2CC2)c2ccccc21. The molecule has 7 nitrogen and oxygen atoms in total. The van der Waals surface area contributed by atoms with E-state index in [0.717, 1.165) is 62.4 Å². The molecule has 4 aromatic rings. The number of hydrogen-bond acceptors (Lipinski definition) is 5. The number of fused-ring (bicyclic) bond motifs is 1. The number of aryl methyl sites for hydroxylation is 1. The van der Waals surface area contributed by atoms with Crippen molar-refractivity contribution < 1.29 is 14.1 Å². The summed E-state index contributed by atoms with van der Waals surface area (Å²) < 4.78 is 13.4. The number of nitrogens with one attached hydrogen (secondary N) is 1. The molecule has 0 bridgehead atoms. The molecule has 1 saturated heterocycles. The Morgan fingerprint density at radius 3 is 2.76 bits per heavy atom. The Kier molecular flexibility index (Phi) is 7.29. The Bertz CT molecular complexity index is 1370. The van der Waals surface area contributed by atoms with Gasteiger partial charge in [0.2, 0.25) is 5.91 Å². The first-order valence-electron chi connectivity index (χ1n) is 13.8. The van der Waals surface area contributed by atoms with E-state index in [1.807, 2.05) is 36.4 Å². The molecule has 198 valence electrons. The fraction of sp³-hybridized carbons (Fsp3) is 0.419. The van der Waals surface area contributed by atoms with Gasteiger partial charge in [0.25, 0.3) is 0 Å². The Labute approximate surface area is 223 Å². The summed E-state index contributed by atoms with van der Waals surface area (Å²) in [6, 6.07) is 20.9. The van der Waals surface area contributed by atoms with Crippen LogP contribution in [0.4, 0.5) is 0 Å². The van der Waals surface area contributed by atoms with Crippen LogP contribution in [0, 0.1) is 5.92 Å². The molecule has 1 aliphatic heterocycles. The third kappa shape index (κ3) is 5.13. The van der Waals surface area contributed by atoms with Crippen molar-refractivity contribution in [3.8, 4) is 11.3 Å². The Morgan fingerprint density at radius 1 is 1.13 bits per heavy atom. The summed E-state index contributed by atoms with van der Waals surface area (Å²) in [5.74, 6) is 0.883. The van der Waals surface area contributed by atoms with Gasteiger partial charge in [-0.15, -0.1) is 0 Å². The number of carbonyl (C=O) groups excluding carboxylic acids is 1. The predicted octanol–water partition coefficient (Wildman–Crippen LogP) is 5.22. The van der Waals surface area contributed by atoms with Gasteiger partial charge in [-0.05, 0) is 43.9 Å². The number of para-hydroxylation sites is 1. The van der Waals surface area contributed by atoms with E-state index in [1.165, 1.54) is 16.5 Å². The first-order valence-corrected chi connectivity index (χ1v) is 13.8. The van der Waals surface area contributed by atoms with E-state index in [1.54, 1.807) is 7.11 Å². The molecule has 0 radical (unpaired) electrons.